The highest BCUT2D eigenvalue weighted by atomic mass is 16.5. The largest absolute Gasteiger partial charge is 0.492 e. The average Bonchev–Trinajstić information content (AvgIpc) is 2.96. The summed E-state index contributed by atoms with van der Waals surface area (Å²) in [5, 5.41) is 8.39. The second kappa shape index (κ2) is 6.68. The van der Waals surface area contributed by atoms with Gasteiger partial charge >= 0.3 is 0 Å². The lowest BCUT2D eigenvalue weighted by atomic mass is 10.2. The third-order valence-electron chi connectivity index (χ3n) is 3.90. The maximum Gasteiger partial charge on any atom is 0.119 e. The maximum atomic E-state index is 5.90. The van der Waals surface area contributed by atoms with Crippen molar-refractivity contribution in [1.82, 2.24) is 15.1 Å². The number of hydrogen-bond acceptors (Lipinski definition) is 4. The summed E-state index contributed by atoms with van der Waals surface area (Å²) in [6.07, 6.45) is 2.41. The molecule has 1 aromatic carbocycles. The second-order valence-corrected chi connectivity index (χ2v) is 5.56. The third kappa shape index (κ3) is 3.79. The summed E-state index contributed by atoms with van der Waals surface area (Å²) in [6.45, 7) is 4.67. The Morgan fingerprint density at radius 3 is 2.76 bits per heavy atom. The fourth-order valence-corrected chi connectivity index (χ4v) is 2.72. The number of hydrogen-bond donors (Lipinski definition) is 0. The fourth-order valence-electron chi connectivity index (χ4n) is 2.72. The number of aryl methyl sites for hydroxylation is 1. The van der Waals surface area contributed by atoms with Crippen LogP contribution in [0.1, 0.15) is 24.2 Å². The van der Waals surface area contributed by atoms with Crippen LogP contribution in [-0.4, -0.2) is 34.3 Å². The minimum atomic E-state index is 0.466. The Bertz CT molecular complexity index is 556. The van der Waals surface area contributed by atoms with E-state index in [1.165, 1.54) is 12.8 Å². The molecule has 3 rings (SSSR count). The van der Waals surface area contributed by atoms with Gasteiger partial charge in [-0.3, -0.25) is 4.90 Å². The van der Waals surface area contributed by atoms with Gasteiger partial charge in [-0.05, 0) is 50.6 Å². The standard InChI is InChI=1S/C17H21N3O/c1-14-9-10-15(19-18-14)12-20-11-5-6-16(20)13-21-17-7-3-2-4-8-17/h2-4,7-10,16H,5-6,11-13H2,1H3/t16-/m0/s1. The van der Waals surface area contributed by atoms with Gasteiger partial charge in [0.1, 0.15) is 12.4 Å². The molecule has 2 heterocycles. The topological polar surface area (TPSA) is 38.2 Å². The van der Waals surface area contributed by atoms with Crippen LogP contribution in [0.5, 0.6) is 5.75 Å². The van der Waals surface area contributed by atoms with Crippen LogP contribution in [-0.2, 0) is 6.54 Å². The van der Waals surface area contributed by atoms with Crippen LogP contribution in [0.2, 0.25) is 0 Å². The number of ether oxygens (including phenoxy) is 1. The van der Waals surface area contributed by atoms with E-state index in [1.807, 2.05) is 43.3 Å². The van der Waals surface area contributed by atoms with Gasteiger partial charge < -0.3 is 4.74 Å². The first-order valence-electron chi connectivity index (χ1n) is 7.52. The quantitative estimate of drug-likeness (QED) is 0.845. The molecule has 1 aromatic heterocycles. The number of benzene rings is 1. The monoisotopic (exact) mass is 283 g/mol. The first-order chi connectivity index (χ1) is 10.3. The smallest absolute Gasteiger partial charge is 0.119 e. The van der Waals surface area contributed by atoms with E-state index in [4.69, 9.17) is 4.74 Å². The van der Waals surface area contributed by atoms with Crippen LogP contribution in [0.3, 0.4) is 0 Å². The number of rotatable bonds is 5. The highest BCUT2D eigenvalue weighted by Gasteiger charge is 2.25. The highest BCUT2D eigenvalue weighted by molar-refractivity contribution is 5.21. The summed E-state index contributed by atoms with van der Waals surface area (Å²) in [5.74, 6) is 0.944. The molecule has 0 spiro atoms. The van der Waals surface area contributed by atoms with E-state index in [-0.39, 0.29) is 0 Å². The Morgan fingerprint density at radius 2 is 2.00 bits per heavy atom. The van der Waals surface area contributed by atoms with Gasteiger partial charge in [0, 0.05) is 12.6 Å². The predicted molar refractivity (Wildman–Crippen MR) is 82.1 cm³/mol. The molecule has 0 saturated carbocycles. The Kier molecular flexibility index (Phi) is 4.46. The van der Waals surface area contributed by atoms with Gasteiger partial charge in [-0.2, -0.15) is 10.2 Å². The Labute approximate surface area is 125 Å². The summed E-state index contributed by atoms with van der Waals surface area (Å²) in [5.41, 5.74) is 2.00. The molecule has 0 N–H and O–H groups in total. The van der Waals surface area contributed by atoms with E-state index in [9.17, 15) is 0 Å². The molecule has 4 heteroatoms. The molecule has 0 unspecified atom stereocenters. The zero-order valence-electron chi connectivity index (χ0n) is 12.4. The number of nitrogens with zero attached hydrogens (tertiary/aromatic N) is 3. The normalized spacial score (nSPS) is 18.8. The van der Waals surface area contributed by atoms with Crippen LogP contribution in [0, 0.1) is 6.92 Å². The molecule has 4 nitrogen and oxygen atoms in total. The molecular weight excluding hydrogens is 262 g/mol. The summed E-state index contributed by atoms with van der Waals surface area (Å²) >= 11 is 0. The highest BCUT2D eigenvalue weighted by Crippen LogP contribution is 2.20. The molecule has 1 saturated heterocycles. The number of para-hydroxylation sites is 1. The molecule has 2 aromatic rings. The van der Waals surface area contributed by atoms with Crippen molar-refractivity contribution in [2.75, 3.05) is 13.2 Å². The van der Waals surface area contributed by atoms with E-state index >= 15 is 0 Å². The van der Waals surface area contributed by atoms with Gasteiger partial charge in [-0.15, -0.1) is 0 Å². The molecular formula is C17H21N3O. The van der Waals surface area contributed by atoms with Crippen LogP contribution in [0.25, 0.3) is 0 Å². The Balaban J connectivity index is 1.56. The van der Waals surface area contributed by atoms with Crippen molar-refractivity contribution in [1.29, 1.82) is 0 Å². The summed E-state index contributed by atoms with van der Waals surface area (Å²) in [7, 11) is 0. The lowest BCUT2D eigenvalue weighted by Gasteiger charge is -2.24. The Hall–Kier alpha value is -1.94. The predicted octanol–water partition coefficient (Wildman–Crippen LogP) is 2.83. The minimum absolute atomic E-state index is 0.466. The van der Waals surface area contributed by atoms with Gasteiger partial charge in [-0.1, -0.05) is 18.2 Å². The van der Waals surface area contributed by atoms with Gasteiger partial charge in [0.05, 0.1) is 11.4 Å². The molecule has 1 aliphatic rings. The van der Waals surface area contributed by atoms with Gasteiger partial charge in [0.15, 0.2) is 0 Å². The summed E-state index contributed by atoms with van der Waals surface area (Å²) in [4.78, 5) is 2.45. The van der Waals surface area contributed by atoms with Crippen molar-refractivity contribution < 1.29 is 4.74 Å². The van der Waals surface area contributed by atoms with Crippen molar-refractivity contribution in [2.24, 2.45) is 0 Å². The molecule has 1 aliphatic heterocycles. The Morgan fingerprint density at radius 1 is 1.14 bits per heavy atom. The fraction of sp³-hybridized carbons (Fsp3) is 0.412. The summed E-state index contributed by atoms with van der Waals surface area (Å²) in [6, 6.07) is 14.6. The van der Waals surface area contributed by atoms with Crippen molar-refractivity contribution >= 4 is 0 Å². The van der Waals surface area contributed by atoms with Crippen molar-refractivity contribution in [2.45, 2.75) is 32.4 Å². The van der Waals surface area contributed by atoms with Gasteiger partial charge in [-0.25, -0.2) is 0 Å². The van der Waals surface area contributed by atoms with Gasteiger partial charge in [0.25, 0.3) is 0 Å². The van der Waals surface area contributed by atoms with Gasteiger partial charge in [0.2, 0.25) is 0 Å². The number of likely N-dealkylation sites (tertiary alicyclic amines) is 1. The van der Waals surface area contributed by atoms with Crippen LogP contribution in [0.4, 0.5) is 0 Å². The first kappa shape index (κ1) is 14.0. The molecule has 110 valence electrons. The maximum absolute atomic E-state index is 5.90. The van der Waals surface area contributed by atoms with Crippen molar-refractivity contribution in [3.8, 4) is 5.75 Å². The van der Waals surface area contributed by atoms with Crippen LogP contribution in [0.15, 0.2) is 42.5 Å². The van der Waals surface area contributed by atoms with Crippen LogP contribution < -0.4 is 4.74 Å². The zero-order valence-corrected chi connectivity index (χ0v) is 12.4. The minimum Gasteiger partial charge on any atom is -0.492 e. The zero-order chi connectivity index (χ0) is 14.5. The summed E-state index contributed by atoms with van der Waals surface area (Å²) < 4.78 is 5.90. The molecule has 1 fully saturated rings. The van der Waals surface area contributed by atoms with E-state index in [2.05, 4.69) is 21.2 Å². The van der Waals surface area contributed by atoms with E-state index in [0.717, 1.165) is 36.8 Å². The van der Waals surface area contributed by atoms with E-state index < -0.39 is 0 Å². The molecule has 0 radical (unpaired) electrons. The van der Waals surface area contributed by atoms with E-state index in [0.29, 0.717) is 6.04 Å². The molecule has 0 aliphatic carbocycles. The molecule has 1 atom stereocenters. The van der Waals surface area contributed by atoms with Crippen LogP contribution >= 0.6 is 0 Å². The third-order valence-corrected chi connectivity index (χ3v) is 3.90. The molecule has 0 bridgehead atoms. The lowest BCUT2D eigenvalue weighted by Crippen LogP contribution is -2.34. The number of aromatic nitrogens is 2. The molecule has 21 heavy (non-hydrogen) atoms. The van der Waals surface area contributed by atoms with E-state index in [1.54, 1.807) is 0 Å². The molecule has 0 amide bonds. The van der Waals surface area contributed by atoms with Crippen molar-refractivity contribution in [3.63, 3.8) is 0 Å². The average molecular weight is 283 g/mol. The second-order valence-electron chi connectivity index (χ2n) is 5.56. The first-order valence-corrected chi connectivity index (χ1v) is 7.52. The lowest BCUT2D eigenvalue weighted by molar-refractivity contribution is 0.165. The SMILES string of the molecule is Cc1ccc(CN2CCC[C@H]2COc2ccccc2)nn1. The van der Waals surface area contributed by atoms with Crippen molar-refractivity contribution in [3.05, 3.63) is 53.9 Å².